The summed E-state index contributed by atoms with van der Waals surface area (Å²) in [6.45, 7) is 8.08. The van der Waals surface area contributed by atoms with Gasteiger partial charge in [-0.25, -0.2) is 0 Å². The van der Waals surface area contributed by atoms with Gasteiger partial charge in [-0.05, 0) is 19.3 Å². The van der Waals surface area contributed by atoms with Crippen LogP contribution >= 0.6 is 0 Å². The highest BCUT2D eigenvalue weighted by Gasteiger charge is 1.88. The third kappa shape index (κ3) is 23.6. The second-order valence-corrected chi connectivity index (χ2v) is 3.92. The van der Waals surface area contributed by atoms with E-state index in [0.29, 0.717) is 6.42 Å². The van der Waals surface area contributed by atoms with Crippen LogP contribution in [0.15, 0.2) is 0 Å². The summed E-state index contributed by atoms with van der Waals surface area (Å²) in [5.74, 6) is 0. The van der Waals surface area contributed by atoms with Crippen molar-refractivity contribution in [2.75, 3.05) is 13.2 Å². The summed E-state index contributed by atoms with van der Waals surface area (Å²) < 4.78 is 5.44. The highest BCUT2D eigenvalue weighted by atomic mass is 16.5. The quantitative estimate of drug-likeness (QED) is 0.476. The van der Waals surface area contributed by atoms with Gasteiger partial charge < -0.3 is 14.9 Å². The molecule has 0 aliphatic heterocycles. The maximum atomic E-state index is 7.92. The van der Waals surface area contributed by atoms with Gasteiger partial charge in [-0.2, -0.15) is 0 Å². The molecule has 0 bridgehead atoms. The van der Waals surface area contributed by atoms with E-state index < -0.39 is 6.29 Å². The molecule has 0 aromatic heterocycles. The molecule has 0 aliphatic carbocycles. The molecular weight excluding hydrogens is 204 g/mol. The summed E-state index contributed by atoms with van der Waals surface area (Å²) >= 11 is 0. The van der Waals surface area contributed by atoms with Crippen LogP contribution in [0, 0.1) is 0 Å². The van der Waals surface area contributed by atoms with Crippen molar-refractivity contribution in [1.29, 1.82) is 0 Å². The Balaban J connectivity index is 0. The van der Waals surface area contributed by atoms with Crippen LogP contribution in [0.3, 0.4) is 0 Å². The third-order valence-corrected chi connectivity index (χ3v) is 2.15. The maximum Gasteiger partial charge on any atom is 0.151 e. The van der Waals surface area contributed by atoms with Crippen molar-refractivity contribution in [1.82, 2.24) is 0 Å². The van der Waals surface area contributed by atoms with Crippen LogP contribution in [-0.2, 0) is 4.74 Å². The lowest BCUT2D eigenvalue weighted by Crippen LogP contribution is -1.99. The van der Waals surface area contributed by atoms with Crippen molar-refractivity contribution in [2.24, 2.45) is 0 Å². The van der Waals surface area contributed by atoms with Crippen molar-refractivity contribution in [3.8, 4) is 0 Å². The molecule has 2 N–H and O–H groups in total. The van der Waals surface area contributed by atoms with Crippen molar-refractivity contribution < 1.29 is 14.9 Å². The topological polar surface area (TPSA) is 49.7 Å². The fourth-order valence-corrected chi connectivity index (χ4v) is 1.01. The molecule has 0 unspecified atom stereocenters. The van der Waals surface area contributed by atoms with E-state index in [1.165, 1.54) is 38.5 Å². The number of aliphatic hydroxyl groups is 2. The molecular formula is C13H30O3. The van der Waals surface area contributed by atoms with Crippen LogP contribution in [0.2, 0.25) is 0 Å². The van der Waals surface area contributed by atoms with Gasteiger partial charge in [0.2, 0.25) is 0 Å². The summed E-state index contributed by atoms with van der Waals surface area (Å²) in [5.41, 5.74) is 0. The van der Waals surface area contributed by atoms with E-state index in [0.717, 1.165) is 13.2 Å². The molecule has 0 aromatic rings. The SMILES string of the molecule is CCC(O)O.CCCCCOCCCCC. The predicted molar refractivity (Wildman–Crippen MR) is 68.4 cm³/mol. The van der Waals surface area contributed by atoms with Crippen LogP contribution in [-0.4, -0.2) is 29.7 Å². The minimum atomic E-state index is -1.12. The monoisotopic (exact) mass is 234 g/mol. The molecule has 0 radical (unpaired) electrons. The first-order chi connectivity index (χ1) is 7.68. The summed E-state index contributed by atoms with van der Waals surface area (Å²) in [7, 11) is 0. The van der Waals surface area contributed by atoms with Crippen molar-refractivity contribution >= 4 is 0 Å². The van der Waals surface area contributed by atoms with Gasteiger partial charge in [0.05, 0.1) is 0 Å². The largest absolute Gasteiger partial charge is 0.381 e. The molecule has 0 rings (SSSR count). The normalized spacial score (nSPS) is 10.1. The van der Waals surface area contributed by atoms with Gasteiger partial charge in [-0.3, -0.25) is 0 Å². The second kappa shape index (κ2) is 17.3. The van der Waals surface area contributed by atoms with Gasteiger partial charge in [0, 0.05) is 13.2 Å². The van der Waals surface area contributed by atoms with E-state index in [9.17, 15) is 0 Å². The average Bonchev–Trinajstić information content (AvgIpc) is 2.29. The molecule has 0 atom stereocenters. The van der Waals surface area contributed by atoms with Gasteiger partial charge >= 0.3 is 0 Å². The summed E-state index contributed by atoms with van der Waals surface area (Å²) in [5, 5.41) is 15.8. The minimum absolute atomic E-state index is 0.417. The fraction of sp³-hybridized carbons (Fsp3) is 1.00. The van der Waals surface area contributed by atoms with Crippen LogP contribution in [0.1, 0.15) is 65.7 Å². The molecule has 0 saturated carbocycles. The Bertz CT molecular complexity index is 97.4. The van der Waals surface area contributed by atoms with Gasteiger partial charge in [-0.15, -0.1) is 0 Å². The van der Waals surface area contributed by atoms with E-state index >= 15 is 0 Å². The van der Waals surface area contributed by atoms with Gasteiger partial charge in [-0.1, -0.05) is 46.5 Å². The zero-order valence-corrected chi connectivity index (χ0v) is 11.2. The zero-order valence-electron chi connectivity index (χ0n) is 11.2. The molecule has 0 aliphatic rings. The molecule has 16 heavy (non-hydrogen) atoms. The van der Waals surface area contributed by atoms with Crippen molar-refractivity contribution in [3.63, 3.8) is 0 Å². The van der Waals surface area contributed by atoms with Crippen molar-refractivity contribution in [3.05, 3.63) is 0 Å². The lowest BCUT2D eigenvalue weighted by Gasteiger charge is -2.01. The zero-order chi connectivity index (χ0) is 12.6. The molecule has 100 valence electrons. The Morgan fingerprint density at radius 3 is 1.44 bits per heavy atom. The van der Waals surface area contributed by atoms with Crippen LogP contribution in [0.25, 0.3) is 0 Å². The molecule has 0 aromatic carbocycles. The first-order valence-corrected chi connectivity index (χ1v) is 6.62. The molecule has 0 saturated heterocycles. The first-order valence-electron chi connectivity index (χ1n) is 6.62. The highest BCUT2D eigenvalue weighted by Crippen LogP contribution is 1.97. The molecule has 0 spiro atoms. The first kappa shape index (κ1) is 18.3. The van der Waals surface area contributed by atoms with Crippen LogP contribution in [0.5, 0.6) is 0 Å². The van der Waals surface area contributed by atoms with Gasteiger partial charge in [0.1, 0.15) is 0 Å². The molecule has 3 nitrogen and oxygen atoms in total. The number of unbranched alkanes of at least 4 members (excludes halogenated alkanes) is 4. The Hall–Kier alpha value is -0.120. The molecule has 3 heteroatoms. The second-order valence-electron chi connectivity index (χ2n) is 3.92. The summed E-state index contributed by atoms with van der Waals surface area (Å²) in [4.78, 5) is 0. The maximum absolute atomic E-state index is 7.92. The van der Waals surface area contributed by atoms with Crippen LogP contribution < -0.4 is 0 Å². The average molecular weight is 234 g/mol. The summed E-state index contributed by atoms with van der Waals surface area (Å²) in [6, 6.07) is 0. The fourth-order valence-electron chi connectivity index (χ4n) is 1.01. The van der Waals surface area contributed by atoms with Gasteiger partial charge in [0.25, 0.3) is 0 Å². The number of aliphatic hydroxyl groups excluding tert-OH is 1. The van der Waals surface area contributed by atoms with Crippen molar-refractivity contribution in [2.45, 2.75) is 72.0 Å². The Kier molecular flexibility index (Phi) is 19.7. The van der Waals surface area contributed by atoms with Crippen LogP contribution in [0.4, 0.5) is 0 Å². The minimum Gasteiger partial charge on any atom is -0.381 e. The number of hydrogen-bond acceptors (Lipinski definition) is 3. The lowest BCUT2D eigenvalue weighted by atomic mass is 10.2. The number of rotatable bonds is 9. The van der Waals surface area contributed by atoms with E-state index in [1.807, 2.05) is 0 Å². The molecule has 0 heterocycles. The van der Waals surface area contributed by atoms with E-state index in [2.05, 4.69) is 13.8 Å². The van der Waals surface area contributed by atoms with E-state index in [4.69, 9.17) is 14.9 Å². The highest BCUT2D eigenvalue weighted by molar-refractivity contribution is 4.38. The Morgan fingerprint density at radius 2 is 1.19 bits per heavy atom. The standard InChI is InChI=1S/C10H22O.C3H8O2/c1-3-5-7-9-11-10-8-6-4-2;1-2-3(4)5/h3-10H2,1-2H3;3-5H,2H2,1H3. The van der Waals surface area contributed by atoms with E-state index in [-0.39, 0.29) is 0 Å². The van der Waals surface area contributed by atoms with Gasteiger partial charge in [0.15, 0.2) is 6.29 Å². The lowest BCUT2D eigenvalue weighted by molar-refractivity contribution is -0.0413. The molecule has 0 amide bonds. The third-order valence-electron chi connectivity index (χ3n) is 2.15. The smallest absolute Gasteiger partial charge is 0.151 e. The Morgan fingerprint density at radius 1 is 0.812 bits per heavy atom. The van der Waals surface area contributed by atoms with E-state index in [1.54, 1.807) is 6.92 Å². The Labute approximate surface area is 101 Å². The molecule has 0 fully saturated rings. The predicted octanol–water partition coefficient (Wildman–Crippen LogP) is 3.09. The number of hydrogen-bond donors (Lipinski definition) is 2. The summed E-state index contributed by atoms with van der Waals surface area (Å²) in [6.07, 6.45) is 6.98. The number of ether oxygens (including phenoxy) is 1.